The van der Waals surface area contributed by atoms with Crippen LogP contribution in [-0.2, 0) is 17.6 Å². The van der Waals surface area contributed by atoms with Crippen molar-refractivity contribution in [1.82, 2.24) is 0 Å². The van der Waals surface area contributed by atoms with Gasteiger partial charge in [-0.05, 0) is 47.9 Å². The molecule has 0 amide bonds. The fraction of sp³-hybridized carbons (Fsp3) is 0.562. The van der Waals surface area contributed by atoms with Crippen molar-refractivity contribution in [3.8, 4) is 0 Å². The first-order chi connectivity index (χ1) is 8.42. The summed E-state index contributed by atoms with van der Waals surface area (Å²) in [6, 6.07) is 6.12. The number of carbonyl (C=O) groups excluding carboxylic acids is 1. The number of hydrogen-bond acceptors (Lipinski definition) is 2. The number of benzene rings is 1. The van der Waals surface area contributed by atoms with E-state index in [2.05, 4.69) is 33.8 Å². The summed E-state index contributed by atoms with van der Waals surface area (Å²) in [5.41, 5.74) is 3.12. The maximum atomic E-state index is 11.7. The Morgan fingerprint density at radius 1 is 1.00 bits per heavy atom. The molecule has 0 unspecified atom stereocenters. The minimum absolute atomic E-state index is 0.245. The molecule has 0 atom stereocenters. The summed E-state index contributed by atoms with van der Waals surface area (Å²) in [6.45, 7) is 8.75. The largest absolute Gasteiger partial charge is 0.465 e. The van der Waals surface area contributed by atoms with Crippen molar-refractivity contribution in [2.24, 2.45) is 11.8 Å². The van der Waals surface area contributed by atoms with E-state index in [1.54, 1.807) is 0 Å². The summed E-state index contributed by atoms with van der Waals surface area (Å²) in [7, 11) is 1.43. The first-order valence-electron chi connectivity index (χ1n) is 6.63. The van der Waals surface area contributed by atoms with Crippen molar-refractivity contribution in [2.75, 3.05) is 7.11 Å². The predicted octanol–water partition coefficient (Wildman–Crippen LogP) is 3.87. The molecule has 1 aromatic rings. The molecule has 0 aliphatic rings. The molecule has 0 saturated heterocycles. The average molecular weight is 248 g/mol. The van der Waals surface area contributed by atoms with E-state index in [9.17, 15) is 4.79 Å². The van der Waals surface area contributed by atoms with E-state index in [1.165, 1.54) is 18.2 Å². The van der Waals surface area contributed by atoms with Crippen molar-refractivity contribution in [3.05, 3.63) is 34.9 Å². The Kier molecular flexibility index (Phi) is 5.39. The molecule has 0 N–H and O–H groups in total. The van der Waals surface area contributed by atoms with Crippen LogP contribution < -0.4 is 0 Å². The van der Waals surface area contributed by atoms with Gasteiger partial charge in [-0.25, -0.2) is 4.79 Å². The van der Waals surface area contributed by atoms with Crippen LogP contribution in [0.15, 0.2) is 18.2 Å². The second-order valence-electron chi connectivity index (χ2n) is 5.73. The Hall–Kier alpha value is -1.31. The Labute approximate surface area is 110 Å². The van der Waals surface area contributed by atoms with Gasteiger partial charge in [-0.3, -0.25) is 0 Å². The molecule has 2 nitrogen and oxygen atoms in total. The molecular formula is C16H24O2. The van der Waals surface area contributed by atoms with Crippen molar-refractivity contribution >= 4 is 5.97 Å². The van der Waals surface area contributed by atoms with Crippen molar-refractivity contribution < 1.29 is 9.53 Å². The lowest BCUT2D eigenvalue weighted by atomic mass is 9.94. The lowest BCUT2D eigenvalue weighted by Crippen LogP contribution is -2.06. The minimum Gasteiger partial charge on any atom is -0.465 e. The molecule has 0 saturated carbocycles. The predicted molar refractivity (Wildman–Crippen MR) is 74.9 cm³/mol. The van der Waals surface area contributed by atoms with Crippen LogP contribution >= 0.6 is 0 Å². The van der Waals surface area contributed by atoms with E-state index < -0.39 is 0 Å². The molecule has 1 aromatic carbocycles. The van der Waals surface area contributed by atoms with Gasteiger partial charge in [-0.1, -0.05) is 33.8 Å². The van der Waals surface area contributed by atoms with Crippen molar-refractivity contribution in [1.29, 1.82) is 0 Å². The van der Waals surface area contributed by atoms with Crippen molar-refractivity contribution in [3.63, 3.8) is 0 Å². The van der Waals surface area contributed by atoms with Crippen LogP contribution in [0.4, 0.5) is 0 Å². The van der Waals surface area contributed by atoms with E-state index in [1.807, 2.05) is 12.1 Å². The first kappa shape index (κ1) is 14.7. The molecule has 0 aliphatic carbocycles. The number of rotatable bonds is 5. The van der Waals surface area contributed by atoms with Gasteiger partial charge in [0.2, 0.25) is 0 Å². The van der Waals surface area contributed by atoms with Crippen molar-refractivity contribution in [2.45, 2.75) is 40.5 Å². The lowest BCUT2D eigenvalue weighted by Gasteiger charge is -2.12. The second-order valence-corrected chi connectivity index (χ2v) is 5.73. The third kappa shape index (κ3) is 4.52. The summed E-state index contributed by atoms with van der Waals surface area (Å²) >= 11 is 0. The molecule has 0 bridgehead atoms. The zero-order valence-electron chi connectivity index (χ0n) is 12.1. The topological polar surface area (TPSA) is 26.3 Å². The van der Waals surface area contributed by atoms with Gasteiger partial charge in [0.05, 0.1) is 12.7 Å². The van der Waals surface area contributed by atoms with Crippen LogP contribution in [0.2, 0.25) is 0 Å². The lowest BCUT2D eigenvalue weighted by molar-refractivity contribution is 0.0600. The first-order valence-corrected chi connectivity index (χ1v) is 6.63. The summed E-state index contributed by atoms with van der Waals surface area (Å²) in [5.74, 6) is 0.931. The SMILES string of the molecule is COC(=O)c1cc(CC(C)C)cc(CC(C)C)c1. The van der Waals surface area contributed by atoms with Crippen LogP contribution in [0.5, 0.6) is 0 Å². The highest BCUT2D eigenvalue weighted by Crippen LogP contribution is 2.17. The van der Waals surface area contributed by atoms with E-state index in [0.29, 0.717) is 17.4 Å². The molecule has 0 fully saturated rings. The zero-order valence-corrected chi connectivity index (χ0v) is 12.1. The highest BCUT2D eigenvalue weighted by molar-refractivity contribution is 5.89. The van der Waals surface area contributed by atoms with Gasteiger partial charge in [0.1, 0.15) is 0 Å². The molecule has 18 heavy (non-hydrogen) atoms. The zero-order chi connectivity index (χ0) is 13.7. The summed E-state index contributed by atoms with van der Waals surface area (Å²) in [4.78, 5) is 11.7. The molecule has 0 spiro atoms. The maximum absolute atomic E-state index is 11.7. The molecule has 100 valence electrons. The fourth-order valence-corrected chi connectivity index (χ4v) is 2.18. The molecule has 0 aromatic heterocycles. The Morgan fingerprint density at radius 3 is 1.78 bits per heavy atom. The Bertz CT molecular complexity index is 377. The van der Waals surface area contributed by atoms with Gasteiger partial charge >= 0.3 is 5.97 Å². The molecular weight excluding hydrogens is 224 g/mol. The van der Waals surface area contributed by atoms with Crippen LogP contribution in [-0.4, -0.2) is 13.1 Å². The van der Waals surface area contributed by atoms with E-state index in [-0.39, 0.29) is 5.97 Å². The highest BCUT2D eigenvalue weighted by atomic mass is 16.5. The molecule has 0 radical (unpaired) electrons. The Morgan fingerprint density at radius 2 is 1.44 bits per heavy atom. The van der Waals surface area contributed by atoms with Crippen LogP contribution in [0.1, 0.15) is 49.2 Å². The molecule has 0 heterocycles. The average Bonchev–Trinajstić information content (AvgIpc) is 2.25. The number of carbonyl (C=O) groups is 1. The normalized spacial score (nSPS) is 11.1. The van der Waals surface area contributed by atoms with Crippen LogP contribution in [0, 0.1) is 11.8 Å². The summed E-state index contributed by atoms with van der Waals surface area (Å²) in [5, 5.41) is 0. The quantitative estimate of drug-likeness (QED) is 0.739. The standard InChI is InChI=1S/C16H24O2/c1-11(2)6-13-8-14(7-12(3)4)10-15(9-13)16(17)18-5/h8-12H,6-7H2,1-5H3. The van der Waals surface area contributed by atoms with Gasteiger partial charge in [-0.15, -0.1) is 0 Å². The van der Waals surface area contributed by atoms with Crippen LogP contribution in [0.3, 0.4) is 0 Å². The second kappa shape index (κ2) is 6.58. The van der Waals surface area contributed by atoms with Crippen LogP contribution in [0.25, 0.3) is 0 Å². The van der Waals surface area contributed by atoms with Gasteiger partial charge in [0.25, 0.3) is 0 Å². The maximum Gasteiger partial charge on any atom is 0.337 e. The van der Waals surface area contributed by atoms with E-state index >= 15 is 0 Å². The van der Waals surface area contributed by atoms with Gasteiger partial charge in [0.15, 0.2) is 0 Å². The number of ether oxygens (including phenoxy) is 1. The number of hydrogen-bond donors (Lipinski definition) is 0. The van der Waals surface area contributed by atoms with Gasteiger partial charge < -0.3 is 4.74 Å². The smallest absolute Gasteiger partial charge is 0.337 e. The van der Waals surface area contributed by atoms with Gasteiger partial charge in [0, 0.05) is 0 Å². The monoisotopic (exact) mass is 248 g/mol. The van der Waals surface area contributed by atoms with E-state index in [0.717, 1.165) is 12.8 Å². The number of esters is 1. The number of methoxy groups -OCH3 is 1. The molecule has 1 rings (SSSR count). The van der Waals surface area contributed by atoms with E-state index in [4.69, 9.17) is 4.74 Å². The fourth-order valence-electron chi connectivity index (χ4n) is 2.18. The third-order valence-corrected chi connectivity index (χ3v) is 2.76. The minimum atomic E-state index is -0.245. The summed E-state index contributed by atoms with van der Waals surface area (Å²) < 4.78 is 4.82. The highest BCUT2D eigenvalue weighted by Gasteiger charge is 2.10. The Balaban J connectivity index is 3.07. The molecule has 0 aliphatic heterocycles. The third-order valence-electron chi connectivity index (χ3n) is 2.76. The summed E-state index contributed by atoms with van der Waals surface area (Å²) in [6.07, 6.45) is 1.99. The molecule has 2 heteroatoms. The van der Waals surface area contributed by atoms with Gasteiger partial charge in [-0.2, -0.15) is 0 Å².